The van der Waals surface area contributed by atoms with Crippen molar-refractivity contribution in [3.63, 3.8) is 0 Å². The summed E-state index contributed by atoms with van der Waals surface area (Å²) in [6, 6.07) is 0.785. The van der Waals surface area contributed by atoms with Gasteiger partial charge in [0, 0.05) is 17.9 Å². The van der Waals surface area contributed by atoms with E-state index in [0.717, 1.165) is 18.2 Å². The molecule has 1 fully saturated rings. The van der Waals surface area contributed by atoms with E-state index >= 15 is 0 Å². The van der Waals surface area contributed by atoms with Crippen LogP contribution in [0.3, 0.4) is 0 Å². The van der Waals surface area contributed by atoms with Crippen LogP contribution in [0.2, 0.25) is 0 Å². The van der Waals surface area contributed by atoms with Crippen LogP contribution in [0.15, 0.2) is 35.4 Å². The van der Waals surface area contributed by atoms with Gasteiger partial charge in [0.2, 0.25) is 5.91 Å². The Morgan fingerprint density at radius 3 is 2.22 bits per heavy atom. The number of benzene rings is 1. The number of nitrogens with two attached hydrogens (primary N) is 1. The van der Waals surface area contributed by atoms with Gasteiger partial charge >= 0.3 is 12.1 Å². The summed E-state index contributed by atoms with van der Waals surface area (Å²) in [7, 11) is 0. The molecule has 37 heavy (non-hydrogen) atoms. The first-order valence-electron chi connectivity index (χ1n) is 11.2. The van der Waals surface area contributed by atoms with Crippen LogP contribution >= 0.6 is 12.2 Å². The number of hydrogen-bond acceptors (Lipinski definition) is 5. The van der Waals surface area contributed by atoms with E-state index in [-0.39, 0.29) is 24.2 Å². The number of allylic oxidation sites excluding steroid dienone is 4. The molecule has 1 aromatic rings. The molecular weight excluding hydrogens is 529 g/mol. The second-order valence-corrected chi connectivity index (χ2v) is 10.4. The average Bonchev–Trinajstić information content (AvgIpc) is 3.45. The van der Waals surface area contributed by atoms with Crippen LogP contribution < -0.4 is 10.5 Å². The Morgan fingerprint density at radius 2 is 1.73 bits per heavy atom. The van der Waals surface area contributed by atoms with Gasteiger partial charge in [-0.05, 0) is 62.3 Å². The van der Waals surface area contributed by atoms with Crippen molar-refractivity contribution in [2.24, 2.45) is 27.8 Å². The lowest BCUT2D eigenvalue weighted by atomic mass is 9.74. The maximum absolute atomic E-state index is 14.8. The zero-order valence-electron chi connectivity index (χ0n) is 20.2. The second kappa shape index (κ2) is 9.97. The maximum atomic E-state index is 14.8. The molecule has 13 heteroatoms. The molecule has 1 amide bonds. The average molecular weight is 555 g/mol. The first-order valence-corrected chi connectivity index (χ1v) is 12.0. The Bertz CT molecular complexity index is 1160. The molecule has 0 heterocycles. The third-order valence-corrected chi connectivity index (χ3v) is 7.53. The summed E-state index contributed by atoms with van der Waals surface area (Å²) in [5.74, 6) is -8.47. The number of nitrogens with one attached hydrogen (secondary N) is 1. The van der Waals surface area contributed by atoms with Crippen LogP contribution in [0.5, 0.6) is 0 Å². The molecule has 3 rings (SSSR count). The van der Waals surface area contributed by atoms with Crippen LogP contribution in [0.4, 0.5) is 30.7 Å². The fourth-order valence-corrected chi connectivity index (χ4v) is 4.82. The van der Waals surface area contributed by atoms with Gasteiger partial charge in [-0.2, -0.15) is 13.2 Å². The number of rotatable bonds is 7. The van der Waals surface area contributed by atoms with Crippen LogP contribution in [-0.2, 0) is 8.98 Å². The molecule has 0 aromatic heterocycles. The zero-order chi connectivity index (χ0) is 28.1. The molecule has 3 N–H and O–H groups in total. The van der Waals surface area contributed by atoms with Crippen molar-refractivity contribution < 1.29 is 44.5 Å². The van der Waals surface area contributed by atoms with Crippen molar-refractivity contribution in [3.8, 4) is 0 Å². The summed E-state index contributed by atoms with van der Waals surface area (Å²) in [5.41, 5.74) is -5.67. The second-order valence-electron chi connectivity index (χ2n) is 10.0. The van der Waals surface area contributed by atoms with E-state index in [4.69, 9.17) is 5.14 Å². The van der Waals surface area contributed by atoms with Crippen molar-refractivity contribution >= 4 is 24.1 Å². The standard InChI is InChI=1S/C24H25F7N2O3S/c1-10(11-5-14(25)18(15(26)6-11)21(35)36-37-32)33-20(34)13-9-23(13,4)12-7-16(27)19(17(28)8-12)22(2,3)24(29,30)31/h5-7,10,12-13H,8-9,32H2,1-4H3,(H,33,34)/t10-,12?,13+,23+/m1/s1. The minimum atomic E-state index is -4.87. The van der Waals surface area contributed by atoms with Gasteiger partial charge in [-0.15, -0.1) is 0 Å². The Morgan fingerprint density at radius 1 is 1.16 bits per heavy atom. The Kier molecular flexibility index (Phi) is 7.82. The highest BCUT2D eigenvalue weighted by atomic mass is 32.2. The van der Waals surface area contributed by atoms with Gasteiger partial charge in [-0.25, -0.2) is 27.5 Å². The third-order valence-electron chi connectivity index (χ3n) is 7.28. The van der Waals surface area contributed by atoms with Gasteiger partial charge in [-0.1, -0.05) is 6.92 Å². The predicted molar refractivity (Wildman–Crippen MR) is 122 cm³/mol. The molecule has 2 aliphatic carbocycles. The monoisotopic (exact) mass is 554 g/mol. The molecule has 1 unspecified atom stereocenters. The smallest absolute Gasteiger partial charge is 0.371 e. The Labute approximate surface area is 213 Å². The van der Waals surface area contributed by atoms with E-state index in [2.05, 4.69) is 9.50 Å². The van der Waals surface area contributed by atoms with Gasteiger partial charge in [0.15, 0.2) is 0 Å². The predicted octanol–water partition coefficient (Wildman–Crippen LogP) is 6.53. The lowest BCUT2D eigenvalue weighted by molar-refractivity contribution is -0.198. The van der Waals surface area contributed by atoms with Gasteiger partial charge in [0.25, 0.3) is 0 Å². The maximum Gasteiger partial charge on any atom is 0.398 e. The van der Waals surface area contributed by atoms with Crippen molar-refractivity contribution in [1.29, 1.82) is 0 Å². The molecule has 0 bridgehead atoms. The number of carbonyl (C=O) groups excluding carboxylic acids is 2. The fourth-order valence-electron chi connectivity index (χ4n) is 4.65. The van der Waals surface area contributed by atoms with E-state index in [9.17, 15) is 40.3 Å². The molecule has 0 aliphatic heterocycles. The van der Waals surface area contributed by atoms with E-state index < -0.39 is 87.6 Å². The first kappa shape index (κ1) is 29.0. The van der Waals surface area contributed by atoms with E-state index in [0.29, 0.717) is 13.8 Å². The molecule has 1 saturated carbocycles. The van der Waals surface area contributed by atoms with Crippen LogP contribution in [-0.4, -0.2) is 18.1 Å². The lowest BCUT2D eigenvalue weighted by Crippen LogP contribution is -2.36. The third kappa shape index (κ3) is 5.38. The van der Waals surface area contributed by atoms with Crippen LogP contribution in [0.25, 0.3) is 0 Å². The molecule has 4 atom stereocenters. The molecule has 1 aromatic carbocycles. The van der Waals surface area contributed by atoms with Gasteiger partial charge < -0.3 is 9.50 Å². The quantitative estimate of drug-likeness (QED) is 0.228. The molecule has 0 radical (unpaired) electrons. The summed E-state index contributed by atoms with van der Waals surface area (Å²) >= 11 is 0.121. The summed E-state index contributed by atoms with van der Waals surface area (Å²) in [6.07, 6.45) is -4.23. The Balaban J connectivity index is 1.72. The molecule has 5 nitrogen and oxygen atoms in total. The molecule has 204 valence electrons. The topological polar surface area (TPSA) is 81.4 Å². The minimum absolute atomic E-state index is 0.000682. The van der Waals surface area contributed by atoms with Gasteiger partial charge in [0.1, 0.15) is 41.1 Å². The molecule has 2 aliphatic rings. The highest BCUT2D eigenvalue weighted by Crippen LogP contribution is 2.62. The van der Waals surface area contributed by atoms with Crippen LogP contribution in [0.1, 0.15) is 62.5 Å². The molecule has 0 spiro atoms. The fraction of sp³-hybridized carbons (Fsp3) is 0.500. The number of carbonyl (C=O) groups is 2. The largest absolute Gasteiger partial charge is 0.398 e. The summed E-state index contributed by atoms with van der Waals surface area (Å²) < 4.78 is 103. The van der Waals surface area contributed by atoms with Gasteiger partial charge in [0.05, 0.1) is 11.5 Å². The summed E-state index contributed by atoms with van der Waals surface area (Å²) in [5, 5.41) is 7.53. The first-order chi connectivity index (χ1) is 17.0. The highest BCUT2D eigenvalue weighted by molar-refractivity contribution is 7.92. The SMILES string of the molecule is C[C@@H](NC(=O)[C@@H]1C[C@@]1(C)C1C=C(F)C(C(C)(C)C(F)(F)F)=C(F)C1)c1cc(F)c(C(=O)OSN)c(F)c1. The highest BCUT2D eigenvalue weighted by Gasteiger charge is 2.60. The molecule has 0 saturated heterocycles. The minimum Gasteiger partial charge on any atom is -0.371 e. The van der Waals surface area contributed by atoms with Gasteiger partial charge in [-0.3, -0.25) is 4.79 Å². The molecular formula is C24H25F7N2O3S. The number of amides is 1. The Hall–Kier alpha value is -2.54. The lowest BCUT2D eigenvalue weighted by Gasteiger charge is -2.34. The zero-order valence-corrected chi connectivity index (χ0v) is 21.1. The number of hydrogen-bond donors (Lipinski definition) is 2. The van der Waals surface area contributed by atoms with Crippen molar-refractivity contribution in [2.75, 3.05) is 0 Å². The number of alkyl halides is 3. The van der Waals surface area contributed by atoms with Crippen molar-refractivity contribution in [3.05, 3.63) is 58.2 Å². The van der Waals surface area contributed by atoms with E-state index in [1.807, 2.05) is 0 Å². The number of halogens is 7. The summed E-state index contributed by atoms with van der Waals surface area (Å²) in [4.78, 5) is 24.5. The van der Waals surface area contributed by atoms with Crippen molar-refractivity contribution in [1.82, 2.24) is 5.32 Å². The summed E-state index contributed by atoms with van der Waals surface area (Å²) in [6.45, 7) is 4.43. The van der Waals surface area contributed by atoms with E-state index in [1.165, 1.54) is 6.92 Å². The van der Waals surface area contributed by atoms with E-state index in [1.54, 1.807) is 6.92 Å². The van der Waals surface area contributed by atoms with Crippen molar-refractivity contribution in [2.45, 2.75) is 52.8 Å². The normalized spacial score (nSPS) is 24.9. The van der Waals surface area contributed by atoms with Crippen LogP contribution in [0, 0.1) is 34.3 Å².